The highest BCUT2D eigenvalue weighted by atomic mass is 32.2. The van der Waals surface area contributed by atoms with Crippen LogP contribution in [0.4, 0.5) is 0 Å². The number of methoxy groups -OCH3 is 1. The second kappa shape index (κ2) is 6.45. The second-order valence-electron chi connectivity index (χ2n) is 6.71. The summed E-state index contributed by atoms with van der Waals surface area (Å²) in [5, 5.41) is 1.21. The van der Waals surface area contributed by atoms with E-state index < -0.39 is 10.0 Å². The Kier molecular flexibility index (Phi) is 4.25. The van der Waals surface area contributed by atoms with E-state index in [9.17, 15) is 8.42 Å². The summed E-state index contributed by atoms with van der Waals surface area (Å²) in [7, 11) is -1.94. The fraction of sp³-hybridized carbons (Fsp3) is 0.300. The largest absolute Gasteiger partial charge is 0.497 e. The molecule has 2 heterocycles. The number of aryl methyl sites for hydroxylation is 1. The summed E-state index contributed by atoms with van der Waals surface area (Å²) in [6.07, 6.45) is 1.41. The van der Waals surface area contributed by atoms with Crippen LogP contribution in [-0.4, -0.2) is 37.9 Å². The van der Waals surface area contributed by atoms with E-state index in [2.05, 4.69) is 30.1 Å². The lowest BCUT2D eigenvalue weighted by atomic mass is 10.1. The van der Waals surface area contributed by atoms with Gasteiger partial charge in [-0.3, -0.25) is 0 Å². The van der Waals surface area contributed by atoms with E-state index in [4.69, 9.17) is 4.74 Å². The van der Waals surface area contributed by atoms with Gasteiger partial charge in [-0.15, -0.1) is 0 Å². The number of benzene rings is 2. The van der Waals surface area contributed by atoms with Crippen LogP contribution in [0.2, 0.25) is 0 Å². The number of H-pyrrole nitrogens is 1. The topological polar surface area (TPSA) is 62.4 Å². The Labute approximate surface area is 153 Å². The van der Waals surface area contributed by atoms with Gasteiger partial charge in [0.2, 0.25) is 10.0 Å². The van der Waals surface area contributed by atoms with E-state index in [0.29, 0.717) is 36.6 Å². The normalized spacial score (nSPS) is 15.6. The monoisotopic (exact) mass is 370 g/mol. The minimum absolute atomic E-state index is 0.310. The summed E-state index contributed by atoms with van der Waals surface area (Å²) in [4.78, 5) is 3.78. The number of nitrogens with zero attached hydrogens (tertiary/aromatic N) is 1. The zero-order chi connectivity index (χ0) is 18.3. The number of rotatable bonds is 3. The van der Waals surface area contributed by atoms with Gasteiger partial charge >= 0.3 is 0 Å². The lowest BCUT2D eigenvalue weighted by Gasteiger charge is -2.20. The molecule has 6 heteroatoms. The van der Waals surface area contributed by atoms with Gasteiger partial charge in [-0.05, 0) is 55.3 Å². The fourth-order valence-electron chi connectivity index (χ4n) is 3.64. The highest BCUT2D eigenvalue weighted by Gasteiger charge is 2.28. The van der Waals surface area contributed by atoms with Crippen molar-refractivity contribution in [3.8, 4) is 5.75 Å². The van der Waals surface area contributed by atoms with Crippen LogP contribution in [0.5, 0.6) is 5.75 Å². The number of hydrogen-bond donors (Lipinski definition) is 1. The molecule has 0 unspecified atom stereocenters. The van der Waals surface area contributed by atoms with Crippen LogP contribution >= 0.6 is 0 Å². The van der Waals surface area contributed by atoms with Crippen LogP contribution in [0, 0.1) is 6.92 Å². The number of fused-ring (bicyclic) bond motifs is 3. The molecule has 0 fully saturated rings. The maximum atomic E-state index is 13.0. The van der Waals surface area contributed by atoms with Crippen molar-refractivity contribution in [3.05, 3.63) is 59.3 Å². The lowest BCUT2D eigenvalue weighted by Crippen LogP contribution is -2.33. The van der Waals surface area contributed by atoms with Gasteiger partial charge in [-0.25, -0.2) is 8.42 Å². The Bertz CT molecular complexity index is 1050. The molecule has 136 valence electrons. The summed E-state index contributed by atoms with van der Waals surface area (Å²) in [5.41, 5.74) is 4.74. The van der Waals surface area contributed by atoms with Crippen molar-refractivity contribution in [1.29, 1.82) is 0 Å². The van der Waals surface area contributed by atoms with Crippen LogP contribution in [0.1, 0.15) is 16.8 Å². The van der Waals surface area contributed by atoms with Crippen LogP contribution < -0.4 is 4.74 Å². The Morgan fingerprint density at radius 1 is 1.04 bits per heavy atom. The molecule has 1 aliphatic rings. The molecular formula is C20H22N2O3S. The molecule has 0 bridgehead atoms. The van der Waals surface area contributed by atoms with Gasteiger partial charge in [0.25, 0.3) is 0 Å². The third kappa shape index (κ3) is 2.89. The van der Waals surface area contributed by atoms with Gasteiger partial charge in [0.1, 0.15) is 5.75 Å². The van der Waals surface area contributed by atoms with E-state index in [1.165, 1.54) is 16.5 Å². The first-order valence-electron chi connectivity index (χ1n) is 8.73. The average Bonchev–Trinajstić information content (AvgIpc) is 2.84. The fourth-order valence-corrected chi connectivity index (χ4v) is 5.08. The third-order valence-electron chi connectivity index (χ3n) is 5.07. The van der Waals surface area contributed by atoms with Crippen LogP contribution in [0.25, 0.3) is 10.9 Å². The Morgan fingerprint density at radius 2 is 1.77 bits per heavy atom. The van der Waals surface area contributed by atoms with Crippen molar-refractivity contribution in [3.63, 3.8) is 0 Å². The quantitative estimate of drug-likeness (QED) is 0.770. The van der Waals surface area contributed by atoms with Crippen molar-refractivity contribution in [2.45, 2.75) is 24.7 Å². The van der Waals surface area contributed by atoms with E-state index in [0.717, 1.165) is 11.2 Å². The molecular weight excluding hydrogens is 348 g/mol. The minimum Gasteiger partial charge on any atom is -0.497 e. The van der Waals surface area contributed by atoms with E-state index in [1.807, 2.05) is 0 Å². The number of ether oxygens (including phenoxy) is 1. The summed E-state index contributed by atoms with van der Waals surface area (Å²) >= 11 is 0. The SMILES string of the molecule is COc1ccc(S(=O)(=O)N2CCc3[nH]c4ccc(C)cc4c3CC2)cc1. The van der Waals surface area contributed by atoms with Gasteiger partial charge in [0.15, 0.2) is 0 Å². The highest BCUT2D eigenvalue weighted by Crippen LogP contribution is 2.28. The molecule has 0 spiro atoms. The molecule has 0 aliphatic carbocycles. The Morgan fingerprint density at radius 3 is 2.50 bits per heavy atom. The first-order valence-corrected chi connectivity index (χ1v) is 10.2. The second-order valence-corrected chi connectivity index (χ2v) is 8.65. The lowest BCUT2D eigenvalue weighted by molar-refractivity contribution is 0.413. The molecule has 0 saturated heterocycles. The van der Waals surface area contributed by atoms with Gasteiger partial charge in [-0.1, -0.05) is 11.6 Å². The van der Waals surface area contributed by atoms with E-state index in [1.54, 1.807) is 35.7 Å². The van der Waals surface area contributed by atoms with Crippen molar-refractivity contribution < 1.29 is 13.2 Å². The van der Waals surface area contributed by atoms with Crippen LogP contribution in [0.15, 0.2) is 47.4 Å². The molecule has 0 radical (unpaired) electrons. The molecule has 0 amide bonds. The molecule has 5 nitrogen and oxygen atoms in total. The van der Waals surface area contributed by atoms with E-state index >= 15 is 0 Å². The number of nitrogens with one attached hydrogen (secondary N) is 1. The Balaban J connectivity index is 1.63. The standard InChI is InChI=1S/C20H22N2O3S/c1-14-3-8-19-18(13-14)17-9-11-22(12-10-20(17)21-19)26(23,24)16-6-4-15(25-2)5-7-16/h3-8,13,21H,9-12H2,1-2H3. The summed E-state index contributed by atoms with van der Waals surface area (Å²) in [6.45, 7) is 3.05. The zero-order valence-electron chi connectivity index (χ0n) is 15.0. The first-order chi connectivity index (χ1) is 12.5. The van der Waals surface area contributed by atoms with Gasteiger partial charge < -0.3 is 9.72 Å². The summed E-state index contributed by atoms with van der Waals surface area (Å²) in [6, 6.07) is 13.0. The number of sulfonamides is 1. The molecule has 0 atom stereocenters. The third-order valence-corrected chi connectivity index (χ3v) is 6.98. The number of aromatic amines is 1. The molecule has 2 aromatic carbocycles. The van der Waals surface area contributed by atoms with Gasteiger partial charge in [-0.2, -0.15) is 4.31 Å². The first kappa shape index (κ1) is 17.1. The minimum atomic E-state index is -3.50. The molecule has 1 N–H and O–H groups in total. The molecule has 0 saturated carbocycles. The summed E-state index contributed by atoms with van der Waals surface area (Å²) in [5.74, 6) is 0.650. The van der Waals surface area contributed by atoms with E-state index in [-0.39, 0.29) is 0 Å². The highest BCUT2D eigenvalue weighted by molar-refractivity contribution is 7.89. The van der Waals surface area contributed by atoms with Gasteiger partial charge in [0.05, 0.1) is 12.0 Å². The molecule has 3 aromatic rings. The number of aromatic nitrogens is 1. The van der Waals surface area contributed by atoms with Crippen LogP contribution in [0.3, 0.4) is 0 Å². The van der Waals surface area contributed by atoms with Crippen molar-refractivity contribution in [2.24, 2.45) is 0 Å². The van der Waals surface area contributed by atoms with Crippen molar-refractivity contribution in [2.75, 3.05) is 20.2 Å². The molecule has 4 rings (SSSR count). The van der Waals surface area contributed by atoms with Crippen molar-refractivity contribution in [1.82, 2.24) is 9.29 Å². The zero-order valence-corrected chi connectivity index (χ0v) is 15.8. The maximum absolute atomic E-state index is 13.0. The smallest absolute Gasteiger partial charge is 0.243 e. The molecule has 26 heavy (non-hydrogen) atoms. The van der Waals surface area contributed by atoms with Crippen molar-refractivity contribution >= 4 is 20.9 Å². The molecule has 1 aromatic heterocycles. The Hall–Kier alpha value is -2.31. The summed E-state index contributed by atoms with van der Waals surface area (Å²) < 4.78 is 32.7. The maximum Gasteiger partial charge on any atom is 0.243 e. The van der Waals surface area contributed by atoms with Crippen LogP contribution in [-0.2, 0) is 22.9 Å². The average molecular weight is 370 g/mol. The predicted molar refractivity (Wildman–Crippen MR) is 102 cm³/mol. The molecule has 1 aliphatic heterocycles. The van der Waals surface area contributed by atoms with Gasteiger partial charge in [0, 0.05) is 36.1 Å². The predicted octanol–water partition coefficient (Wildman–Crippen LogP) is 3.27. The number of hydrogen-bond acceptors (Lipinski definition) is 3.